The predicted molar refractivity (Wildman–Crippen MR) is 99.6 cm³/mol. The molecule has 0 aromatic heterocycles. The second-order valence-electron chi connectivity index (χ2n) is 6.90. The van der Waals surface area contributed by atoms with E-state index in [9.17, 15) is 14.4 Å². The van der Waals surface area contributed by atoms with E-state index in [1.165, 1.54) is 20.1 Å². The summed E-state index contributed by atoms with van der Waals surface area (Å²) in [7, 11) is 1.53. The fourth-order valence-corrected chi connectivity index (χ4v) is 2.10. The summed E-state index contributed by atoms with van der Waals surface area (Å²) in [4.78, 5) is 36.1. The fraction of sp³-hybridized carbons (Fsp3) is 0.526. The number of urea groups is 1. The van der Waals surface area contributed by atoms with Crippen molar-refractivity contribution in [2.24, 2.45) is 0 Å². The van der Waals surface area contributed by atoms with Gasteiger partial charge in [0, 0.05) is 17.7 Å². The standard InChI is InChI=1S/C19H28N2O6/c1-7-26-11-14-10-13(8-9-15(14)25-6)17(23)27-12(2)16(22)20-18(24)21-19(3,4)5/h8-10,12H,7,11H2,1-6H3,(H2,20,21,22,24)/t12-/m0/s1. The number of hydrogen-bond acceptors (Lipinski definition) is 6. The van der Waals surface area contributed by atoms with Crippen LogP contribution in [-0.4, -0.2) is 43.3 Å². The number of hydrogen-bond donors (Lipinski definition) is 2. The molecular weight excluding hydrogens is 352 g/mol. The summed E-state index contributed by atoms with van der Waals surface area (Å²) in [6.07, 6.45) is -1.14. The molecule has 27 heavy (non-hydrogen) atoms. The lowest BCUT2D eigenvalue weighted by atomic mass is 10.1. The molecule has 1 rings (SSSR count). The maximum atomic E-state index is 12.3. The highest BCUT2D eigenvalue weighted by molar-refractivity contribution is 5.98. The summed E-state index contributed by atoms with van der Waals surface area (Å²) in [5.74, 6) is -0.813. The zero-order valence-electron chi connectivity index (χ0n) is 16.7. The molecule has 0 saturated carbocycles. The van der Waals surface area contributed by atoms with Gasteiger partial charge in [0.2, 0.25) is 0 Å². The average Bonchev–Trinajstić information content (AvgIpc) is 2.57. The summed E-state index contributed by atoms with van der Waals surface area (Å²) >= 11 is 0. The smallest absolute Gasteiger partial charge is 0.338 e. The van der Waals surface area contributed by atoms with Crippen molar-refractivity contribution in [2.45, 2.75) is 52.9 Å². The number of carbonyl (C=O) groups excluding carboxylic acids is 3. The molecule has 0 spiro atoms. The van der Waals surface area contributed by atoms with Crippen molar-refractivity contribution in [3.63, 3.8) is 0 Å². The molecule has 150 valence electrons. The van der Waals surface area contributed by atoms with Crippen molar-refractivity contribution in [3.05, 3.63) is 29.3 Å². The third kappa shape index (κ3) is 7.65. The molecule has 0 fully saturated rings. The highest BCUT2D eigenvalue weighted by Gasteiger charge is 2.23. The molecule has 1 aromatic carbocycles. The number of rotatable bonds is 7. The van der Waals surface area contributed by atoms with Crippen molar-refractivity contribution in [2.75, 3.05) is 13.7 Å². The summed E-state index contributed by atoms with van der Waals surface area (Å²) in [6.45, 7) is 9.40. The third-order valence-electron chi connectivity index (χ3n) is 3.36. The van der Waals surface area contributed by atoms with Crippen LogP contribution >= 0.6 is 0 Å². The Kier molecular flexibility index (Phi) is 8.24. The summed E-state index contributed by atoms with van der Waals surface area (Å²) in [5.41, 5.74) is 0.449. The molecule has 1 aromatic rings. The predicted octanol–water partition coefficient (Wildman–Crippen LogP) is 2.40. The lowest BCUT2D eigenvalue weighted by Crippen LogP contribution is -2.50. The molecule has 8 heteroatoms. The number of ether oxygens (including phenoxy) is 3. The van der Waals surface area contributed by atoms with Gasteiger partial charge in [0.15, 0.2) is 6.10 Å². The van der Waals surface area contributed by atoms with Crippen molar-refractivity contribution >= 4 is 17.9 Å². The van der Waals surface area contributed by atoms with Crippen LogP contribution in [-0.2, 0) is 20.9 Å². The number of benzene rings is 1. The Bertz CT molecular complexity index is 681. The van der Waals surface area contributed by atoms with Crippen LogP contribution in [0.1, 0.15) is 50.5 Å². The summed E-state index contributed by atoms with van der Waals surface area (Å²) in [6, 6.07) is 4.10. The van der Waals surface area contributed by atoms with Gasteiger partial charge >= 0.3 is 12.0 Å². The normalized spacial score (nSPS) is 12.1. The lowest BCUT2D eigenvalue weighted by molar-refractivity contribution is -0.127. The van der Waals surface area contributed by atoms with Gasteiger partial charge in [-0.1, -0.05) is 0 Å². The van der Waals surface area contributed by atoms with Crippen molar-refractivity contribution in [1.82, 2.24) is 10.6 Å². The van der Waals surface area contributed by atoms with Gasteiger partial charge in [-0.3, -0.25) is 10.1 Å². The van der Waals surface area contributed by atoms with Crippen LogP contribution in [0.15, 0.2) is 18.2 Å². The van der Waals surface area contributed by atoms with Crippen LogP contribution in [0.4, 0.5) is 4.79 Å². The maximum absolute atomic E-state index is 12.3. The first-order chi connectivity index (χ1) is 12.6. The van der Waals surface area contributed by atoms with E-state index in [2.05, 4.69) is 10.6 Å². The van der Waals surface area contributed by atoms with Gasteiger partial charge in [0.05, 0.1) is 19.3 Å². The van der Waals surface area contributed by atoms with Gasteiger partial charge in [0.1, 0.15) is 5.75 Å². The largest absolute Gasteiger partial charge is 0.496 e. The first kappa shape index (κ1) is 22.4. The van der Waals surface area contributed by atoms with Crippen LogP contribution < -0.4 is 15.4 Å². The van der Waals surface area contributed by atoms with Gasteiger partial charge in [-0.15, -0.1) is 0 Å². The summed E-state index contributed by atoms with van der Waals surface area (Å²) < 4.78 is 15.7. The number of methoxy groups -OCH3 is 1. The second-order valence-corrected chi connectivity index (χ2v) is 6.90. The lowest BCUT2D eigenvalue weighted by Gasteiger charge is -2.21. The first-order valence-electron chi connectivity index (χ1n) is 8.66. The minimum atomic E-state index is -1.14. The van der Waals surface area contributed by atoms with Crippen molar-refractivity contribution in [3.8, 4) is 5.75 Å². The van der Waals surface area contributed by atoms with E-state index in [0.29, 0.717) is 17.9 Å². The summed E-state index contributed by atoms with van der Waals surface area (Å²) in [5, 5.41) is 4.73. The van der Waals surface area contributed by atoms with Crippen LogP contribution in [0, 0.1) is 0 Å². The van der Waals surface area contributed by atoms with Gasteiger partial charge in [-0.25, -0.2) is 9.59 Å². The molecule has 0 heterocycles. The van der Waals surface area contributed by atoms with E-state index in [0.717, 1.165) is 0 Å². The van der Waals surface area contributed by atoms with Crippen molar-refractivity contribution < 1.29 is 28.6 Å². The van der Waals surface area contributed by atoms with Gasteiger partial charge < -0.3 is 19.5 Å². The van der Waals surface area contributed by atoms with E-state index in [4.69, 9.17) is 14.2 Å². The molecule has 0 aliphatic carbocycles. The first-order valence-corrected chi connectivity index (χ1v) is 8.66. The van der Waals surface area contributed by atoms with E-state index in [-0.39, 0.29) is 12.2 Å². The Morgan fingerprint density at radius 2 is 1.85 bits per heavy atom. The van der Waals surface area contributed by atoms with Crippen molar-refractivity contribution in [1.29, 1.82) is 0 Å². The van der Waals surface area contributed by atoms with E-state index in [1.807, 2.05) is 6.92 Å². The number of carbonyl (C=O) groups is 3. The Balaban J connectivity index is 2.74. The average molecular weight is 380 g/mol. The number of imide groups is 1. The molecule has 3 amide bonds. The van der Waals surface area contributed by atoms with Crippen LogP contribution in [0.5, 0.6) is 5.75 Å². The second kappa shape index (κ2) is 9.91. The highest BCUT2D eigenvalue weighted by atomic mass is 16.5. The van der Waals surface area contributed by atoms with Gasteiger partial charge in [-0.05, 0) is 52.8 Å². The molecule has 8 nitrogen and oxygen atoms in total. The van der Waals surface area contributed by atoms with Gasteiger partial charge in [0.25, 0.3) is 5.91 Å². The minimum Gasteiger partial charge on any atom is -0.496 e. The van der Waals surface area contributed by atoms with Crippen LogP contribution in [0.2, 0.25) is 0 Å². The highest BCUT2D eigenvalue weighted by Crippen LogP contribution is 2.21. The fourth-order valence-electron chi connectivity index (χ4n) is 2.10. The Labute approximate surface area is 159 Å². The zero-order valence-corrected chi connectivity index (χ0v) is 16.7. The molecule has 2 N–H and O–H groups in total. The third-order valence-corrected chi connectivity index (χ3v) is 3.36. The molecule has 0 aliphatic rings. The van der Waals surface area contributed by atoms with Crippen LogP contribution in [0.3, 0.4) is 0 Å². The molecule has 0 aliphatic heterocycles. The Morgan fingerprint density at radius 3 is 2.41 bits per heavy atom. The molecular formula is C19H28N2O6. The van der Waals surface area contributed by atoms with Crippen LogP contribution in [0.25, 0.3) is 0 Å². The Hall–Kier alpha value is -2.61. The Morgan fingerprint density at radius 1 is 1.19 bits per heavy atom. The van der Waals surface area contributed by atoms with E-state index >= 15 is 0 Å². The topological polar surface area (TPSA) is 103 Å². The molecule has 0 radical (unpaired) electrons. The molecule has 0 saturated heterocycles. The quantitative estimate of drug-likeness (QED) is 0.704. The number of esters is 1. The monoisotopic (exact) mass is 380 g/mol. The minimum absolute atomic E-state index is 0.254. The zero-order chi connectivity index (χ0) is 20.6. The van der Waals surface area contributed by atoms with E-state index < -0.39 is 29.6 Å². The molecule has 1 atom stereocenters. The van der Waals surface area contributed by atoms with E-state index in [1.54, 1.807) is 32.9 Å². The SMILES string of the molecule is CCOCc1cc(C(=O)O[C@@H](C)C(=O)NC(=O)NC(C)(C)C)ccc1OC. The number of nitrogens with one attached hydrogen (secondary N) is 2. The number of amides is 3. The maximum Gasteiger partial charge on any atom is 0.338 e. The molecule has 0 bridgehead atoms. The molecule has 0 unspecified atom stereocenters. The van der Waals surface area contributed by atoms with Gasteiger partial charge in [-0.2, -0.15) is 0 Å².